The fraction of sp³-hybridized carbons (Fsp3) is 0.171. The third kappa shape index (κ3) is 3.46. The number of ketones is 2. The van der Waals surface area contributed by atoms with Crippen molar-refractivity contribution in [1.29, 1.82) is 0 Å². The van der Waals surface area contributed by atoms with Crippen LogP contribution in [0.5, 0.6) is 5.75 Å². The van der Waals surface area contributed by atoms with Crippen molar-refractivity contribution in [2.45, 2.75) is 24.4 Å². The van der Waals surface area contributed by atoms with Gasteiger partial charge in [0.05, 0.1) is 19.1 Å². The number of Topliss-reactive ketones (excluding diaryl/α,β-unsaturated/α-hetero) is 2. The molecule has 0 saturated carbocycles. The van der Waals surface area contributed by atoms with Crippen molar-refractivity contribution in [3.8, 4) is 5.75 Å². The summed E-state index contributed by atoms with van der Waals surface area (Å²) in [5.74, 6) is -1.09. The molecule has 0 unspecified atom stereocenters. The molecule has 1 amide bonds. The summed E-state index contributed by atoms with van der Waals surface area (Å²) < 4.78 is 5.33. The number of rotatable bonds is 5. The molecule has 0 aliphatic carbocycles. The zero-order valence-corrected chi connectivity index (χ0v) is 22.7. The number of ether oxygens (including phenoxy) is 1. The topological polar surface area (TPSA) is 75.7 Å². The molecule has 41 heavy (non-hydrogen) atoms. The Hall–Kier alpha value is -4.97. The van der Waals surface area contributed by atoms with Crippen LogP contribution in [-0.4, -0.2) is 36.7 Å². The predicted molar refractivity (Wildman–Crippen MR) is 158 cm³/mol. The van der Waals surface area contributed by atoms with Gasteiger partial charge in [-0.2, -0.15) is 0 Å². The number of nitrogens with zero attached hydrogens (tertiary/aromatic N) is 1. The highest BCUT2D eigenvalue weighted by molar-refractivity contribution is 6.18. The fourth-order valence-electron chi connectivity index (χ4n) is 7.10. The SMILES string of the molecule is COc1ccc(C(=O)[C@@H]2[C@@H](C(=O)c3ccccc3)[C@]3(C(=O)Nc4ccccc43)[C@H]3C=C(C)c4ccccc4N23)cc1. The first-order valence-corrected chi connectivity index (χ1v) is 13.7. The molecule has 0 bridgehead atoms. The minimum atomic E-state index is -1.33. The second-order valence-corrected chi connectivity index (χ2v) is 10.8. The van der Waals surface area contributed by atoms with Crippen LogP contribution in [0.4, 0.5) is 11.4 Å². The molecule has 7 rings (SSSR count). The van der Waals surface area contributed by atoms with Gasteiger partial charge in [-0.05, 0) is 54.5 Å². The summed E-state index contributed by atoms with van der Waals surface area (Å²) in [6.45, 7) is 2.02. The first-order valence-electron chi connectivity index (χ1n) is 13.7. The zero-order valence-electron chi connectivity index (χ0n) is 22.7. The standard InChI is InChI=1S/C35H28N2O4/c1-21-20-29-35(26-13-7-8-14-27(26)36-34(35)40)30(32(38)22-10-4-3-5-11-22)31(37(29)28-15-9-6-12-25(21)28)33(39)23-16-18-24(41-2)19-17-23/h3-20,29-31H,1-2H3,(H,36,40)/t29-,30+,31+,35-/m1/s1. The number of para-hydroxylation sites is 2. The van der Waals surface area contributed by atoms with Gasteiger partial charge < -0.3 is 15.0 Å². The number of carbonyl (C=O) groups is 3. The highest BCUT2D eigenvalue weighted by Gasteiger charge is 2.70. The number of hydrogen-bond donors (Lipinski definition) is 1. The average molecular weight is 541 g/mol. The lowest BCUT2D eigenvalue weighted by Gasteiger charge is -2.39. The Kier molecular flexibility index (Phi) is 5.68. The third-order valence-electron chi connectivity index (χ3n) is 8.87. The molecule has 6 nitrogen and oxygen atoms in total. The molecular formula is C35H28N2O4. The van der Waals surface area contributed by atoms with Gasteiger partial charge in [0.1, 0.15) is 17.2 Å². The number of amides is 1. The maximum absolute atomic E-state index is 14.7. The predicted octanol–water partition coefficient (Wildman–Crippen LogP) is 5.94. The van der Waals surface area contributed by atoms with Gasteiger partial charge in [0.15, 0.2) is 11.6 Å². The van der Waals surface area contributed by atoms with Crippen molar-refractivity contribution in [2.75, 3.05) is 17.3 Å². The molecule has 1 fully saturated rings. The van der Waals surface area contributed by atoms with E-state index in [1.807, 2.05) is 78.6 Å². The molecule has 0 aromatic heterocycles. The van der Waals surface area contributed by atoms with Crippen LogP contribution in [0, 0.1) is 5.92 Å². The summed E-state index contributed by atoms with van der Waals surface area (Å²) in [6.07, 6.45) is 2.07. The fourth-order valence-corrected chi connectivity index (χ4v) is 7.10. The van der Waals surface area contributed by atoms with Crippen LogP contribution in [0.15, 0.2) is 109 Å². The molecule has 3 aliphatic rings. The van der Waals surface area contributed by atoms with E-state index in [9.17, 15) is 14.4 Å². The second-order valence-electron chi connectivity index (χ2n) is 10.8. The summed E-state index contributed by atoms with van der Waals surface area (Å²) in [6, 6.07) is 29.9. The van der Waals surface area contributed by atoms with Crippen molar-refractivity contribution >= 4 is 34.4 Å². The molecule has 4 aromatic rings. The van der Waals surface area contributed by atoms with Gasteiger partial charge in [-0.25, -0.2) is 0 Å². The van der Waals surface area contributed by atoms with E-state index in [0.29, 0.717) is 22.6 Å². The molecular weight excluding hydrogens is 512 g/mol. The largest absolute Gasteiger partial charge is 0.497 e. The monoisotopic (exact) mass is 540 g/mol. The summed E-state index contributed by atoms with van der Waals surface area (Å²) in [5.41, 5.74) is 3.82. The summed E-state index contributed by atoms with van der Waals surface area (Å²) >= 11 is 0. The highest BCUT2D eigenvalue weighted by atomic mass is 16.5. The van der Waals surface area contributed by atoms with E-state index in [4.69, 9.17) is 4.74 Å². The van der Waals surface area contributed by atoms with Gasteiger partial charge in [0.2, 0.25) is 5.91 Å². The molecule has 202 valence electrons. The van der Waals surface area contributed by atoms with Gasteiger partial charge in [0, 0.05) is 28.1 Å². The maximum atomic E-state index is 14.7. The Labute approximate surface area is 238 Å². The lowest BCUT2D eigenvalue weighted by molar-refractivity contribution is -0.121. The molecule has 0 radical (unpaired) electrons. The molecule has 1 N–H and O–H groups in total. The first-order chi connectivity index (χ1) is 20.0. The van der Waals surface area contributed by atoms with Crippen LogP contribution >= 0.6 is 0 Å². The van der Waals surface area contributed by atoms with Crippen molar-refractivity contribution in [2.24, 2.45) is 5.92 Å². The Bertz CT molecular complexity index is 1740. The zero-order chi connectivity index (χ0) is 28.3. The lowest BCUT2D eigenvalue weighted by Crippen LogP contribution is -2.51. The quantitative estimate of drug-likeness (QED) is 0.317. The van der Waals surface area contributed by atoms with Crippen LogP contribution < -0.4 is 15.0 Å². The maximum Gasteiger partial charge on any atom is 0.238 e. The Morgan fingerprint density at radius 2 is 1.46 bits per heavy atom. The number of nitrogens with one attached hydrogen (secondary N) is 1. The van der Waals surface area contributed by atoms with Crippen LogP contribution in [0.3, 0.4) is 0 Å². The van der Waals surface area contributed by atoms with E-state index in [-0.39, 0.29) is 17.5 Å². The molecule has 1 spiro atoms. The van der Waals surface area contributed by atoms with Crippen molar-refractivity contribution < 1.29 is 19.1 Å². The molecule has 6 heteroatoms. The van der Waals surface area contributed by atoms with E-state index >= 15 is 0 Å². The molecule has 4 atom stereocenters. The minimum absolute atomic E-state index is 0.219. The van der Waals surface area contributed by atoms with Gasteiger partial charge in [-0.3, -0.25) is 14.4 Å². The Morgan fingerprint density at radius 3 is 2.22 bits per heavy atom. The molecule has 1 saturated heterocycles. The van der Waals surface area contributed by atoms with E-state index in [1.165, 1.54) is 0 Å². The number of anilines is 2. The number of hydrogen-bond acceptors (Lipinski definition) is 5. The van der Waals surface area contributed by atoms with Gasteiger partial charge in [-0.15, -0.1) is 0 Å². The van der Waals surface area contributed by atoms with Gasteiger partial charge >= 0.3 is 0 Å². The number of benzene rings is 4. The number of fused-ring (bicyclic) bond motifs is 6. The van der Waals surface area contributed by atoms with Crippen LogP contribution in [0.2, 0.25) is 0 Å². The normalized spacial score (nSPS) is 23.8. The Morgan fingerprint density at radius 1 is 0.805 bits per heavy atom. The lowest BCUT2D eigenvalue weighted by atomic mass is 9.64. The summed E-state index contributed by atoms with van der Waals surface area (Å²) in [7, 11) is 1.58. The Balaban J connectivity index is 1.54. The number of allylic oxidation sites excluding steroid dienone is 1. The van der Waals surface area contributed by atoms with Crippen molar-refractivity contribution in [1.82, 2.24) is 0 Å². The van der Waals surface area contributed by atoms with Crippen LogP contribution in [0.1, 0.15) is 38.8 Å². The van der Waals surface area contributed by atoms with E-state index in [1.54, 1.807) is 43.5 Å². The van der Waals surface area contributed by atoms with E-state index < -0.39 is 23.4 Å². The van der Waals surface area contributed by atoms with E-state index in [0.717, 1.165) is 22.4 Å². The molecule has 3 aliphatic heterocycles. The van der Waals surface area contributed by atoms with Crippen LogP contribution in [-0.2, 0) is 10.2 Å². The second kappa shape index (κ2) is 9.30. The summed E-state index contributed by atoms with van der Waals surface area (Å²) in [4.78, 5) is 45.9. The smallest absolute Gasteiger partial charge is 0.238 e. The van der Waals surface area contributed by atoms with Crippen molar-refractivity contribution in [3.05, 3.63) is 131 Å². The average Bonchev–Trinajstić information content (AvgIpc) is 3.49. The van der Waals surface area contributed by atoms with Crippen molar-refractivity contribution in [3.63, 3.8) is 0 Å². The van der Waals surface area contributed by atoms with E-state index in [2.05, 4.69) is 11.4 Å². The molecule has 4 aromatic carbocycles. The third-order valence-corrected chi connectivity index (χ3v) is 8.87. The highest BCUT2D eigenvalue weighted by Crippen LogP contribution is 2.58. The van der Waals surface area contributed by atoms with Crippen LogP contribution in [0.25, 0.3) is 5.57 Å². The number of carbonyl (C=O) groups excluding carboxylic acids is 3. The molecule has 3 heterocycles. The van der Waals surface area contributed by atoms with Gasteiger partial charge in [0.25, 0.3) is 0 Å². The first kappa shape index (κ1) is 25.0. The minimum Gasteiger partial charge on any atom is -0.497 e. The van der Waals surface area contributed by atoms with Gasteiger partial charge in [-0.1, -0.05) is 72.8 Å². The summed E-state index contributed by atoms with van der Waals surface area (Å²) in [5, 5.41) is 3.08. The number of methoxy groups -OCH3 is 1.